The van der Waals surface area contributed by atoms with Gasteiger partial charge < -0.3 is 14.5 Å². The number of rotatable bonds is 7. The van der Waals surface area contributed by atoms with Crippen LogP contribution in [0.15, 0.2) is 65.3 Å². The molecule has 1 aromatic heterocycles. The van der Waals surface area contributed by atoms with Gasteiger partial charge in [-0.3, -0.25) is 4.79 Å². The third-order valence-corrected chi connectivity index (χ3v) is 3.81. The second-order valence-corrected chi connectivity index (χ2v) is 5.63. The molecule has 5 heteroatoms. The Morgan fingerprint density at radius 3 is 2.60 bits per heavy atom. The topological polar surface area (TPSA) is 64.4 Å². The number of methoxy groups -OCH3 is 1. The Labute approximate surface area is 146 Å². The normalized spacial score (nSPS) is 10.4. The van der Waals surface area contributed by atoms with Crippen LogP contribution in [0.1, 0.15) is 11.3 Å². The third-order valence-electron chi connectivity index (χ3n) is 3.81. The van der Waals surface area contributed by atoms with Gasteiger partial charge in [-0.15, -0.1) is 0 Å². The molecule has 0 aliphatic heterocycles. The minimum atomic E-state index is -0.0681. The summed E-state index contributed by atoms with van der Waals surface area (Å²) in [6.45, 7) is 0.578. The van der Waals surface area contributed by atoms with Crippen molar-refractivity contribution in [3.05, 3.63) is 72.1 Å². The molecular weight excluding hydrogens is 316 g/mol. The van der Waals surface area contributed by atoms with Gasteiger partial charge >= 0.3 is 0 Å². The van der Waals surface area contributed by atoms with Crippen molar-refractivity contribution in [1.82, 2.24) is 10.3 Å². The van der Waals surface area contributed by atoms with Crippen LogP contribution in [0.5, 0.6) is 5.75 Å². The maximum atomic E-state index is 12.0. The van der Waals surface area contributed by atoms with E-state index in [0.29, 0.717) is 18.1 Å². The van der Waals surface area contributed by atoms with Gasteiger partial charge in [0.15, 0.2) is 0 Å². The lowest BCUT2D eigenvalue weighted by Crippen LogP contribution is -2.27. The average molecular weight is 336 g/mol. The molecular formula is C20H20N2O3. The minimum Gasteiger partial charge on any atom is -0.497 e. The zero-order chi connectivity index (χ0) is 17.5. The van der Waals surface area contributed by atoms with E-state index < -0.39 is 0 Å². The van der Waals surface area contributed by atoms with Crippen molar-refractivity contribution in [3.8, 4) is 17.2 Å². The summed E-state index contributed by atoms with van der Waals surface area (Å²) >= 11 is 0. The number of carbonyl (C=O) groups excluding carboxylic acids is 1. The highest BCUT2D eigenvalue weighted by molar-refractivity contribution is 5.78. The molecule has 0 saturated heterocycles. The van der Waals surface area contributed by atoms with Crippen LogP contribution < -0.4 is 10.1 Å². The molecule has 5 nitrogen and oxygen atoms in total. The molecule has 0 atom stereocenters. The summed E-state index contributed by atoms with van der Waals surface area (Å²) in [7, 11) is 1.64. The van der Waals surface area contributed by atoms with Crippen LogP contribution >= 0.6 is 0 Å². The highest BCUT2D eigenvalue weighted by Crippen LogP contribution is 2.18. The monoisotopic (exact) mass is 336 g/mol. The number of carbonyl (C=O) groups is 1. The van der Waals surface area contributed by atoms with E-state index in [4.69, 9.17) is 9.15 Å². The molecule has 0 saturated carbocycles. The van der Waals surface area contributed by atoms with E-state index in [1.165, 1.54) is 6.26 Å². The molecule has 0 radical (unpaired) electrons. The van der Waals surface area contributed by atoms with E-state index >= 15 is 0 Å². The molecule has 0 bridgehead atoms. The molecule has 3 aromatic rings. The third kappa shape index (κ3) is 4.70. The number of hydrogen-bond donors (Lipinski definition) is 1. The first-order valence-electron chi connectivity index (χ1n) is 8.14. The van der Waals surface area contributed by atoms with E-state index in [2.05, 4.69) is 10.3 Å². The maximum absolute atomic E-state index is 12.0. The molecule has 128 valence electrons. The van der Waals surface area contributed by atoms with Crippen LogP contribution in [-0.4, -0.2) is 24.5 Å². The molecule has 0 aliphatic rings. The van der Waals surface area contributed by atoms with Gasteiger partial charge in [0.25, 0.3) is 0 Å². The number of nitrogens with zero attached hydrogens (tertiary/aromatic N) is 1. The summed E-state index contributed by atoms with van der Waals surface area (Å²) in [5.41, 5.74) is 2.67. The smallest absolute Gasteiger partial charge is 0.226 e. The SMILES string of the molecule is COc1ccc(CCNC(=O)Cc2coc(-c3ccccc3)n2)cc1. The van der Waals surface area contributed by atoms with E-state index in [-0.39, 0.29) is 12.3 Å². The van der Waals surface area contributed by atoms with E-state index in [9.17, 15) is 4.79 Å². The van der Waals surface area contributed by atoms with Gasteiger partial charge in [-0.2, -0.15) is 0 Å². The quantitative estimate of drug-likeness (QED) is 0.719. The van der Waals surface area contributed by atoms with Crippen LogP contribution in [-0.2, 0) is 17.6 Å². The summed E-state index contributed by atoms with van der Waals surface area (Å²) in [6, 6.07) is 17.4. The van der Waals surface area contributed by atoms with Crippen molar-refractivity contribution in [1.29, 1.82) is 0 Å². The zero-order valence-electron chi connectivity index (χ0n) is 14.1. The summed E-state index contributed by atoms with van der Waals surface area (Å²) in [5.74, 6) is 1.29. The number of aromatic nitrogens is 1. The first-order valence-corrected chi connectivity index (χ1v) is 8.14. The first-order chi connectivity index (χ1) is 12.2. The number of hydrogen-bond acceptors (Lipinski definition) is 4. The summed E-state index contributed by atoms with van der Waals surface area (Å²) in [6.07, 6.45) is 2.51. The zero-order valence-corrected chi connectivity index (χ0v) is 14.1. The summed E-state index contributed by atoms with van der Waals surface area (Å²) in [4.78, 5) is 16.4. The molecule has 0 spiro atoms. The summed E-state index contributed by atoms with van der Waals surface area (Å²) < 4.78 is 10.6. The Kier molecular flexibility index (Phi) is 5.46. The molecule has 1 amide bonds. The van der Waals surface area contributed by atoms with Gasteiger partial charge in [0.1, 0.15) is 12.0 Å². The van der Waals surface area contributed by atoms with Gasteiger partial charge in [0.05, 0.1) is 19.2 Å². The van der Waals surface area contributed by atoms with E-state index in [1.54, 1.807) is 7.11 Å². The Morgan fingerprint density at radius 2 is 1.88 bits per heavy atom. The fourth-order valence-electron chi connectivity index (χ4n) is 2.47. The summed E-state index contributed by atoms with van der Waals surface area (Å²) in [5, 5.41) is 2.91. The van der Waals surface area contributed by atoms with Crippen molar-refractivity contribution >= 4 is 5.91 Å². The van der Waals surface area contributed by atoms with Gasteiger partial charge in [0, 0.05) is 12.1 Å². The average Bonchev–Trinajstić information content (AvgIpc) is 3.11. The molecule has 0 aliphatic carbocycles. The molecule has 3 rings (SSSR count). The lowest BCUT2D eigenvalue weighted by Gasteiger charge is -2.05. The van der Waals surface area contributed by atoms with Crippen LogP contribution in [0.2, 0.25) is 0 Å². The molecule has 25 heavy (non-hydrogen) atoms. The van der Waals surface area contributed by atoms with Gasteiger partial charge in [-0.1, -0.05) is 30.3 Å². The molecule has 1 N–H and O–H groups in total. The standard InChI is InChI=1S/C20H20N2O3/c1-24-18-9-7-15(8-10-18)11-12-21-19(23)13-17-14-25-20(22-17)16-5-3-2-4-6-16/h2-10,14H,11-13H2,1H3,(H,21,23). The van der Waals surface area contributed by atoms with E-state index in [0.717, 1.165) is 23.3 Å². The Morgan fingerprint density at radius 1 is 1.12 bits per heavy atom. The molecule has 0 unspecified atom stereocenters. The van der Waals surface area contributed by atoms with Gasteiger partial charge in [0.2, 0.25) is 11.8 Å². The fraction of sp³-hybridized carbons (Fsp3) is 0.200. The Balaban J connectivity index is 1.47. The van der Waals surface area contributed by atoms with Crippen molar-refractivity contribution in [2.24, 2.45) is 0 Å². The predicted octanol–water partition coefficient (Wildman–Crippen LogP) is 3.25. The lowest BCUT2D eigenvalue weighted by atomic mass is 10.1. The van der Waals surface area contributed by atoms with Gasteiger partial charge in [-0.05, 0) is 36.2 Å². The number of ether oxygens (including phenoxy) is 1. The lowest BCUT2D eigenvalue weighted by molar-refractivity contribution is -0.120. The maximum Gasteiger partial charge on any atom is 0.226 e. The largest absolute Gasteiger partial charge is 0.497 e. The fourth-order valence-corrected chi connectivity index (χ4v) is 2.47. The predicted molar refractivity (Wildman–Crippen MR) is 95.4 cm³/mol. The van der Waals surface area contributed by atoms with Crippen molar-refractivity contribution in [2.45, 2.75) is 12.8 Å². The van der Waals surface area contributed by atoms with Crippen molar-refractivity contribution < 1.29 is 13.9 Å². The second-order valence-electron chi connectivity index (χ2n) is 5.63. The van der Waals surface area contributed by atoms with Crippen LogP contribution in [0, 0.1) is 0 Å². The first kappa shape index (κ1) is 16.8. The van der Waals surface area contributed by atoms with Crippen molar-refractivity contribution in [3.63, 3.8) is 0 Å². The van der Waals surface area contributed by atoms with Crippen molar-refractivity contribution in [2.75, 3.05) is 13.7 Å². The Bertz CT molecular complexity index is 810. The van der Waals surface area contributed by atoms with E-state index in [1.807, 2.05) is 54.6 Å². The van der Waals surface area contributed by atoms with Crippen LogP contribution in [0.3, 0.4) is 0 Å². The second kappa shape index (κ2) is 8.15. The van der Waals surface area contributed by atoms with Crippen LogP contribution in [0.4, 0.5) is 0 Å². The van der Waals surface area contributed by atoms with Crippen LogP contribution in [0.25, 0.3) is 11.5 Å². The Hall–Kier alpha value is -3.08. The molecule has 0 fully saturated rings. The molecule has 1 heterocycles. The minimum absolute atomic E-state index is 0.0681. The number of amides is 1. The highest BCUT2D eigenvalue weighted by Gasteiger charge is 2.10. The number of nitrogens with one attached hydrogen (secondary N) is 1. The number of benzene rings is 2. The molecule has 2 aromatic carbocycles. The highest BCUT2D eigenvalue weighted by atomic mass is 16.5. The van der Waals surface area contributed by atoms with Gasteiger partial charge in [-0.25, -0.2) is 4.98 Å². The number of oxazole rings is 1.